The Hall–Kier alpha value is -3.17. The standard InChI is InChI=1S/C18H22N4O6/c1-18(2,3)28-17(27)21-6-4-11(5-7-21)22-13-12(20-14(23)15(22)24)8-10(9-19-13)16(25)26/h8-9,11H,4-7H2,1-3H3,(H,20,23)(H,25,26). The fraction of sp³-hybridized carbons (Fsp3) is 0.500. The molecule has 3 heterocycles. The number of aromatic amines is 1. The lowest BCUT2D eigenvalue weighted by Gasteiger charge is -2.34. The van der Waals surface area contributed by atoms with Gasteiger partial charge in [-0.25, -0.2) is 14.6 Å². The quantitative estimate of drug-likeness (QED) is 0.739. The van der Waals surface area contributed by atoms with E-state index in [4.69, 9.17) is 9.84 Å². The number of hydrogen-bond donors (Lipinski definition) is 2. The highest BCUT2D eigenvalue weighted by Gasteiger charge is 2.29. The predicted octanol–water partition coefficient (Wildman–Crippen LogP) is 1.35. The zero-order valence-corrected chi connectivity index (χ0v) is 15.9. The molecule has 28 heavy (non-hydrogen) atoms. The van der Waals surface area contributed by atoms with Gasteiger partial charge in [-0.1, -0.05) is 0 Å². The molecule has 0 unspecified atom stereocenters. The number of H-pyrrole nitrogens is 1. The number of carbonyl (C=O) groups is 2. The number of amides is 1. The lowest BCUT2D eigenvalue weighted by atomic mass is 10.0. The molecule has 0 aromatic carbocycles. The zero-order chi connectivity index (χ0) is 20.6. The van der Waals surface area contributed by atoms with E-state index in [-0.39, 0.29) is 22.8 Å². The maximum absolute atomic E-state index is 12.5. The maximum atomic E-state index is 12.5. The number of nitrogens with one attached hydrogen (secondary N) is 1. The SMILES string of the molecule is CC(C)(C)OC(=O)N1CCC(n2c(=O)c(=O)[nH]c3cc(C(=O)O)cnc32)CC1. The number of hydrogen-bond acceptors (Lipinski definition) is 6. The molecule has 1 amide bonds. The van der Waals surface area contributed by atoms with Crippen molar-refractivity contribution in [2.24, 2.45) is 0 Å². The van der Waals surface area contributed by atoms with Crippen LogP contribution in [0, 0.1) is 0 Å². The normalized spacial score (nSPS) is 15.6. The van der Waals surface area contributed by atoms with Gasteiger partial charge in [-0.3, -0.25) is 14.2 Å². The van der Waals surface area contributed by atoms with Crippen molar-refractivity contribution in [1.82, 2.24) is 19.4 Å². The number of likely N-dealkylation sites (tertiary alicyclic amines) is 1. The number of fused-ring (bicyclic) bond motifs is 1. The van der Waals surface area contributed by atoms with Gasteiger partial charge in [0.1, 0.15) is 5.60 Å². The number of carbonyl (C=O) groups excluding carboxylic acids is 1. The molecule has 0 saturated carbocycles. The van der Waals surface area contributed by atoms with E-state index in [0.717, 1.165) is 6.20 Å². The third-order valence-corrected chi connectivity index (χ3v) is 4.48. The summed E-state index contributed by atoms with van der Waals surface area (Å²) >= 11 is 0. The number of pyridine rings is 1. The lowest BCUT2D eigenvalue weighted by molar-refractivity contribution is 0.0188. The van der Waals surface area contributed by atoms with Crippen molar-refractivity contribution in [3.63, 3.8) is 0 Å². The molecule has 2 N–H and O–H groups in total. The Morgan fingerprint density at radius 3 is 2.46 bits per heavy atom. The molecule has 1 saturated heterocycles. The number of nitrogens with zero attached hydrogens (tertiary/aromatic N) is 3. The van der Waals surface area contributed by atoms with Crippen LogP contribution in [0.5, 0.6) is 0 Å². The average Bonchev–Trinajstić information content (AvgIpc) is 2.61. The Bertz CT molecular complexity index is 1040. The van der Waals surface area contributed by atoms with Gasteiger partial charge in [-0.2, -0.15) is 0 Å². The minimum absolute atomic E-state index is 0.0897. The van der Waals surface area contributed by atoms with E-state index in [0.29, 0.717) is 25.9 Å². The van der Waals surface area contributed by atoms with Gasteiger partial charge in [0.05, 0.1) is 11.1 Å². The third-order valence-electron chi connectivity index (χ3n) is 4.48. The van der Waals surface area contributed by atoms with E-state index in [1.807, 2.05) is 0 Å². The summed E-state index contributed by atoms with van der Waals surface area (Å²) in [4.78, 5) is 55.9. The van der Waals surface area contributed by atoms with Crippen LogP contribution in [0.4, 0.5) is 4.79 Å². The van der Waals surface area contributed by atoms with Gasteiger partial charge in [0.15, 0.2) is 5.65 Å². The van der Waals surface area contributed by atoms with Gasteiger partial charge >= 0.3 is 23.2 Å². The highest BCUT2D eigenvalue weighted by Crippen LogP contribution is 2.24. The van der Waals surface area contributed by atoms with Crippen molar-refractivity contribution in [2.75, 3.05) is 13.1 Å². The predicted molar refractivity (Wildman–Crippen MR) is 99.7 cm³/mol. The summed E-state index contributed by atoms with van der Waals surface area (Å²) in [6.45, 7) is 6.10. The van der Waals surface area contributed by atoms with Gasteiger partial charge in [-0.15, -0.1) is 0 Å². The van der Waals surface area contributed by atoms with Gasteiger partial charge in [-0.05, 0) is 39.7 Å². The van der Waals surface area contributed by atoms with Crippen molar-refractivity contribution in [1.29, 1.82) is 0 Å². The molecule has 1 aliphatic heterocycles. The maximum Gasteiger partial charge on any atom is 0.410 e. The van der Waals surface area contributed by atoms with E-state index in [9.17, 15) is 19.2 Å². The van der Waals surface area contributed by atoms with Crippen molar-refractivity contribution in [3.8, 4) is 0 Å². The van der Waals surface area contributed by atoms with Crippen LogP contribution < -0.4 is 11.1 Å². The highest BCUT2D eigenvalue weighted by molar-refractivity contribution is 5.90. The van der Waals surface area contributed by atoms with Crippen LogP contribution in [0.25, 0.3) is 11.2 Å². The molecule has 2 aromatic heterocycles. The van der Waals surface area contributed by atoms with E-state index in [1.54, 1.807) is 25.7 Å². The molecule has 0 bridgehead atoms. The van der Waals surface area contributed by atoms with E-state index in [1.165, 1.54) is 10.6 Å². The molecule has 2 aromatic rings. The second kappa shape index (κ2) is 7.10. The van der Waals surface area contributed by atoms with Crippen molar-refractivity contribution >= 4 is 23.2 Å². The summed E-state index contributed by atoms with van der Waals surface area (Å²) in [5, 5.41) is 9.10. The first kappa shape index (κ1) is 19.6. The summed E-state index contributed by atoms with van der Waals surface area (Å²) < 4.78 is 6.66. The number of aromatic carboxylic acids is 1. The Labute approximate surface area is 159 Å². The van der Waals surface area contributed by atoms with Crippen LogP contribution in [0.1, 0.15) is 50.0 Å². The second-order valence-corrected chi connectivity index (χ2v) is 7.73. The second-order valence-electron chi connectivity index (χ2n) is 7.73. The molecule has 1 aliphatic rings. The first-order valence-corrected chi connectivity index (χ1v) is 8.92. The number of rotatable bonds is 2. The Balaban J connectivity index is 1.89. The number of carboxylic acids is 1. The number of aromatic nitrogens is 3. The zero-order valence-electron chi connectivity index (χ0n) is 15.9. The summed E-state index contributed by atoms with van der Waals surface area (Å²) in [7, 11) is 0. The number of piperidine rings is 1. The summed E-state index contributed by atoms with van der Waals surface area (Å²) in [6, 6.07) is 0.942. The van der Waals surface area contributed by atoms with Crippen LogP contribution in [0.3, 0.4) is 0 Å². The average molecular weight is 390 g/mol. The number of ether oxygens (including phenoxy) is 1. The van der Waals surface area contributed by atoms with Crippen LogP contribution in [0.2, 0.25) is 0 Å². The van der Waals surface area contributed by atoms with Gasteiger partial charge < -0.3 is 19.7 Å². The van der Waals surface area contributed by atoms with E-state index in [2.05, 4.69) is 9.97 Å². The summed E-state index contributed by atoms with van der Waals surface area (Å²) in [5.74, 6) is -1.18. The molecule has 1 fully saturated rings. The summed E-state index contributed by atoms with van der Waals surface area (Å²) in [5.41, 5.74) is -1.89. The molecule has 0 aliphatic carbocycles. The van der Waals surface area contributed by atoms with Gasteiger partial charge in [0.25, 0.3) is 0 Å². The Kier molecular flexibility index (Phi) is 4.97. The lowest BCUT2D eigenvalue weighted by Crippen LogP contribution is -2.45. The van der Waals surface area contributed by atoms with Crippen LogP contribution in [-0.4, -0.2) is 55.3 Å². The molecule has 10 nitrogen and oxygen atoms in total. The third kappa shape index (κ3) is 3.90. The highest BCUT2D eigenvalue weighted by atomic mass is 16.6. The van der Waals surface area contributed by atoms with Crippen molar-refractivity contribution in [3.05, 3.63) is 38.5 Å². The molecule has 150 valence electrons. The molecular weight excluding hydrogens is 368 g/mol. The van der Waals surface area contributed by atoms with Crippen molar-refractivity contribution < 1.29 is 19.4 Å². The fourth-order valence-electron chi connectivity index (χ4n) is 3.21. The summed E-state index contributed by atoms with van der Waals surface area (Å²) in [6.07, 6.45) is 1.62. The largest absolute Gasteiger partial charge is 0.478 e. The minimum Gasteiger partial charge on any atom is -0.478 e. The van der Waals surface area contributed by atoms with Crippen molar-refractivity contribution in [2.45, 2.75) is 45.3 Å². The van der Waals surface area contributed by atoms with Gasteiger partial charge in [0, 0.05) is 25.3 Å². The Morgan fingerprint density at radius 2 is 1.89 bits per heavy atom. The smallest absolute Gasteiger partial charge is 0.410 e. The Morgan fingerprint density at radius 1 is 1.25 bits per heavy atom. The molecule has 3 rings (SSSR count). The number of carboxylic acid groups (broad SMARTS) is 1. The van der Waals surface area contributed by atoms with E-state index >= 15 is 0 Å². The topological polar surface area (TPSA) is 135 Å². The van der Waals surface area contributed by atoms with Crippen LogP contribution in [-0.2, 0) is 4.74 Å². The molecule has 0 radical (unpaired) electrons. The minimum atomic E-state index is -1.18. The first-order valence-electron chi connectivity index (χ1n) is 8.92. The molecular formula is C18H22N4O6. The van der Waals surface area contributed by atoms with Gasteiger partial charge in [0.2, 0.25) is 0 Å². The fourth-order valence-corrected chi connectivity index (χ4v) is 3.21. The monoisotopic (exact) mass is 390 g/mol. The van der Waals surface area contributed by atoms with Crippen LogP contribution >= 0.6 is 0 Å². The van der Waals surface area contributed by atoms with Crippen LogP contribution in [0.15, 0.2) is 21.9 Å². The first-order chi connectivity index (χ1) is 13.1. The molecule has 0 atom stereocenters. The molecule has 0 spiro atoms. The molecule has 10 heteroatoms. The van der Waals surface area contributed by atoms with E-state index < -0.39 is 28.8 Å².